The number of halogens is 6. The van der Waals surface area contributed by atoms with Gasteiger partial charge >= 0.3 is 12.4 Å². The number of aromatic nitrogens is 2. The van der Waals surface area contributed by atoms with E-state index in [0.717, 1.165) is 11.6 Å². The maximum Gasteiger partial charge on any atom is 0.416 e. The zero-order chi connectivity index (χ0) is 26.1. The number of H-pyrrole nitrogens is 1. The van der Waals surface area contributed by atoms with E-state index in [1.807, 2.05) is 0 Å². The second kappa shape index (κ2) is 9.67. The lowest BCUT2D eigenvalue weighted by Crippen LogP contribution is -2.14. The van der Waals surface area contributed by atoms with Crippen molar-refractivity contribution in [2.45, 2.75) is 38.2 Å². The van der Waals surface area contributed by atoms with Crippen LogP contribution in [0.25, 0.3) is 0 Å². The molecular formula is C24H19F6N3O3. The molecule has 1 atom stereocenters. The number of hydrogen-bond donors (Lipinski definition) is 1. The number of ether oxygens (including phenoxy) is 2. The fraction of sp³-hybridized carbons (Fsp3) is 0.292. The van der Waals surface area contributed by atoms with Crippen LogP contribution < -0.4 is 9.47 Å². The van der Waals surface area contributed by atoms with Crippen molar-refractivity contribution in [3.05, 3.63) is 76.1 Å². The number of carbonyl (C=O) groups excluding carboxylic acids is 1. The Bertz CT molecular complexity index is 1300. The Morgan fingerprint density at radius 1 is 1.00 bits per heavy atom. The standard InChI is InChI=1S/C24H19F6N3O3/c1-2-35-21-7-13(16-9-22(34)31-11-19-17(16)10-32-33-19)4-6-20(21)36-12-14-3-5-15(23(25,26)27)8-18(14)24(28,29)30/h3-8,10-11,16H,2,9,12H2,1H3,(H,32,33). The van der Waals surface area contributed by atoms with Gasteiger partial charge in [-0.15, -0.1) is 0 Å². The molecule has 36 heavy (non-hydrogen) atoms. The zero-order valence-corrected chi connectivity index (χ0v) is 18.7. The van der Waals surface area contributed by atoms with Gasteiger partial charge in [-0.25, -0.2) is 4.99 Å². The molecule has 0 spiro atoms. The molecule has 1 N–H and O–H groups in total. The predicted molar refractivity (Wildman–Crippen MR) is 116 cm³/mol. The van der Waals surface area contributed by atoms with Gasteiger partial charge in [0.1, 0.15) is 6.61 Å². The van der Waals surface area contributed by atoms with Gasteiger partial charge in [0.2, 0.25) is 5.91 Å². The van der Waals surface area contributed by atoms with Crippen LogP contribution in [-0.4, -0.2) is 28.9 Å². The summed E-state index contributed by atoms with van der Waals surface area (Å²) in [6, 6.07) is 6.12. The molecule has 2 aromatic carbocycles. The smallest absolute Gasteiger partial charge is 0.416 e. The Morgan fingerprint density at radius 2 is 1.78 bits per heavy atom. The molecule has 4 rings (SSSR count). The first kappa shape index (κ1) is 25.3. The minimum absolute atomic E-state index is 0.0648. The molecule has 0 saturated heterocycles. The number of fused-ring (bicyclic) bond motifs is 1. The van der Waals surface area contributed by atoms with Crippen LogP contribution in [0.3, 0.4) is 0 Å². The molecule has 12 heteroatoms. The van der Waals surface area contributed by atoms with Crippen LogP contribution in [0.4, 0.5) is 26.3 Å². The van der Waals surface area contributed by atoms with Gasteiger partial charge in [-0.1, -0.05) is 12.1 Å². The Hall–Kier alpha value is -3.83. The highest BCUT2D eigenvalue weighted by Gasteiger charge is 2.38. The molecular weight excluding hydrogens is 492 g/mol. The normalized spacial score (nSPS) is 16.0. The van der Waals surface area contributed by atoms with Gasteiger partial charge in [-0.3, -0.25) is 9.89 Å². The SMILES string of the molecule is CCOc1cc(C2CC(=O)N=Cc3[nH]ncc32)ccc1OCc1ccc(C(F)(F)F)cc1C(F)(F)F. The fourth-order valence-corrected chi connectivity index (χ4v) is 3.88. The topological polar surface area (TPSA) is 76.6 Å². The second-order valence-electron chi connectivity index (χ2n) is 7.94. The largest absolute Gasteiger partial charge is 0.490 e. The second-order valence-corrected chi connectivity index (χ2v) is 7.94. The summed E-state index contributed by atoms with van der Waals surface area (Å²) < 4.78 is 90.4. The van der Waals surface area contributed by atoms with E-state index in [2.05, 4.69) is 15.2 Å². The Morgan fingerprint density at radius 3 is 2.47 bits per heavy atom. The average Bonchev–Trinajstić information content (AvgIpc) is 3.21. The maximum absolute atomic E-state index is 13.5. The predicted octanol–water partition coefficient (Wildman–Crippen LogP) is 5.91. The van der Waals surface area contributed by atoms with Gasteiger partial charge in [0.25, 0.3) is 0 Å². The van der Waals surface area contributed by atoms with E-state index >= 15 is 0 Å². The summed E-state index contributed by atoms with van der Waals surface area (Å²) >= 11 is 0. The molecule has 1 amide bonds. The number of hydrogen-bond acceptors (Lipinski definition) is 4. The van der Waals surface area contributed by atoms with Crippen molar-refractivity contribution in [1.29, 1.82) is 0 Å². The molecule has 0 saturated carbocycles. The number of nitrogens with zero attached hydrogens (tertiary/aromatic N) is 2. The average molecular weight is 511 g/mol. The molecule has 1 aliphatic heterocycles. The van der Waals surface area contributed by atoms with E-state index in [1.165, 1.54) is 12.3 Å². The molecule has 1 unspecified atom stereocenters. The van der Waals surface area contributed by atoms with Gasteiger partial charge in [-0.05, 0) is 36.8 Å². The minimum atomic E-state index is -5.01. The van der Waals surface area contributed by atoms with E-state index in [0.29, 0.717) is 17.3 Å². The first-order chi connectivity index (χ1) is 17.0. The lowest BCUT2D eigenvalue weighted by atomic mass is 9.89. The Balaban J connectivity index is 1.63. The zero-order valence-electron chi connectivity index (χ0n) is 18.7. The third kappa shape index (κ3) is 5.37. The van der Waals surface area contributed by atoms with Gasteiger partial charge in [0.05, 0.1) is 35.8 Å². The summed E-state index contributed by atoms with van der Waals surface area (Å²) in [5, 5.41) is 6.76. The monoisotopic (exact) mass is 511 g/mol. The van der Waals surface area contributed by atoms with Crippen LogP contribution >= 0.6 is 0 Å². The van der Waals surface area contributed by atoms with Crippen molar-refractivity contribution >= 4 is 12.1 Å². The summed E-state index contributed by atoms with van der Waals surface area (Å²) in [5.41, 5.74) is -1.32. The van der Waals surface area contributed by atoms with Gasteiger partial charge in [-0.2, -0.15) is 31.4 Å². The van der Waals surface area contributed by atoms with Crippen LogP contribution in [0.1, 0.15) is 52.8 Å². The van der Waals surface area contributed by atoms with Gasteiger partial charge in [0.15, 0.2) is 11.5 Å². The Labute approximate surface area is 200 Å². The van der Waals surface area contributed by atoms with Crippen LogP contribution in [0.2, 0.25) is 0 Å². The van der Waals surface area contributed by atoms with Crippen molar-refractivity contribution in [1.82, 2.24) is 10.2 Å². The quantitative estimate of drug-likeness (QED) is 0.418. The van der Waals surface area contributed by atoms with Gasteiger partial charge < -0.3 is 9.47 Å². The van der Waals surface area contributed by atoms with Crippen molar-refractivity contribution in [3.63, 3.8) is 0 Å². The maximum atomic E-state index is 13.5. The molecule has 6 nitrogen and oxygen atoms in total. The van der Waals surface area contributed by atoms with Crippen molar-refractivity contribution in [2.75, 3.05) is 6.61 Å². The van der Waals surface area contributed by atoms with Crippen LogP contribution in [0.15, 0.2) is 47.6 Å². The van der Waals surface area contributed by atoms with Crippen molar-refractivity contribution in [2.24, 2.45) is 4.99 Å². The van der Waals surface area contributed by atoms with Crippen LogP contribution in [-0.2, 0) is 23.8 Å². The molecule has 0 bridgehead atoms. The number of benzene rings is 2. The number of rotatable bonds is 6. The van der Waals surface area contributed by atoms with E-state index in [1.54, 1.807) is 25.3 Å². The van der Waals surface area contributed by atoms with Gasteiger partial charge in [0, 0.05) is 23.5 Å². The molecule has 0 aliphatic carbocycles. The van der Waals surface area contributed by atoms with E-state index < -0.39 is 41.6 Å². The molecule has 1 aliphatic rings. The van der Waals surface area contributed by atoms with E-state index in [-0.39, 0.29) is 36.5 Å². The molecule has 3 aromatic rings. The number of aliphatic imine (C=N–C) groups is 1. The summed E-state index contributed by atoms with van der Waals surface area (Å²) in [5.74, 6) is -0.450. The number of nitrogens with one attached hydrogen (secondary N) is 1. The highest BCUT2D eigenvalue weighted by Crippen LogP contribution is 2.40. The van der Waals surface area contributed by atoms with E-state index in [9.17, 15) is 31.1 Å². The first-order valence-corrected chi connectivity index (χ1v) is 10.7. The lowest BCUT2D eigenvalue weighted by Gasteiger charge is -2.19. The molecule has 0 fully saturated rings. The third-order valence-corrected chi connectivity index (χ3v) is 5.59. The number of alkyl halides is 6. The number of aromatic amines is 1. The van der Waals surface area contributed by atoms with E-state index in [4.69, 9.17) is 9.47 Å². The van der Waals surface area contributed by atoms with Crippen LogP contribution in [0, 0.1) is 0 Å². The molecule has 190 valence electrons. The molecule has 2 heterocycles. The number of carbonyl (C=O) groups is 1. The summed E-state index contributed by atoms with van der Waals surface area (Å²) in [4.78, 5) is 16.0. The lowest BCUT2D eigenvalue weighted by molar-refractivity contribution is -0.143. The highest BCUT2D eigenvalue weighted by molar-refractivity contribution is 5.94. The minimum Gasteiger partial charge on any atom is -0.490 e. The first-order valence-electron chi connectivity index (χ1n) is 10.7. The van der Waals surface area contributed by atoms with Crippen LogP contribution in [0.5, 0.6) is 11.5 Å². The fourth-order valence-electron chi connectivity index (χ4n) is 3.88. The third-order valence-electron chi connectivity index (χ3n) is 5.59. The van der Waals surface area contributed by atoms with Crippen molar-refractivity contribution in [3.8, 4) is 11.5 Å². The Kier molecular flexibility index (Phi) is 6.79. The molecule has 1 aromatic heterocycles. The summed E-state index contributed by atoms with van der Waals surface area (Å²) in [6.45, 7) is 1.26. The summed E-state index contributed by atoms with van der Waals surface area (Å²) in [7, 11) is 0. The molecule has 0 radical (unpaired) electrons. The number of amides is 1. The van der Waals surface area contributed by atoms with Crippen molar-refractivity contribution < 1.29 is 40.6 Å². The summed E-state index contributed by atoms with van der Waals surface area (Å²) in [6.07, 6.45) is -6.89. The highest BCUT2D eigenvalue weighted by atomic mass is 19.4.